The van der Waals surface area contributed by atoms with Gasteiger partial charge >= 0.3 is 7.12 Å². The summed E-state index contributed by atoms with van der Waals surface area (Å²) in [5.41, 5.74) is 8.14. The van der Waals surface area contributed by atoms with Crippen molar-refractivity contribution in [2.24, 2.45) is 0 Å². The van der Waals surface area contributed by atoms with Crippen LogP contribution in [0.25, 0.3) is 0 Å². The Labute approximate surface area is 154 Å². The lowest BCUT2D eigenvalue weighted by Crippen LogP contribution is -2.41. The fraction of sp³-hybridized carbons (Fsp3) is 0.684. The van der Waals surface area contributed by atoms with E-state index in [2.05, 4.69) is 67.6 Å². The molecule has 25 heavy (non-hydrogen) atoms. The molecule has 1 aromatic rings. The first kappa shape index (κ1) is 20.5. The molecule has 0 unspecified atom stereocenters. The third-order valence-electron chi connectivity index (χ3n) is 5.97. The van der Waals surface area contributed by atoms with Crippen LogP contribution in [0.3, 0.4) is 0 Å². The molecular weight excluding hydrogens is 329 g/mol. The Morgan fingerprint density at radius 1 is 1.04 bits per heavy atom. The minimum absolute atomic E-state index is 0.182. The van der Waals surface area contributed by atoms with Gasteiger partial charge in [0.1, 0.15) is 0 Å². The summed E-state index contributed by atoms with van der Waals surface area (Å²) >= 11 is 0. The molecule has 1 aromatic carbocycles. The van der Waals surface area contributed by atoms with Gasteiger partial charge in [0.15, 0.2) is 8.32 Å². The molecular formula is C19H34BNO3Si. The molecule has 0 amide bonds. The first-order chi connectivity index (χ1) is 11.1. The summed E-state index contributed by atoms with van der Waals surface area (Å²) in [6.45, 7) is 20.0. The van der Waals surface area contributed by atoms with Crippen molar-refractivity contribution < 1.29 is 13.7 Å². The number of nitrogen functional groups attached to an aromatic ring is 1. The molecule has 0 atom stereocenters. The molecule has 0 saturated carbocycles. The lowest BCUT2D eigenvalue weighted by Gasteiger charge is -2.36. The molecule has 0 aliphatic carbocycles. The summed E-state index contributed by atoms with van der Waals surface area (Å²) in [5, 5.41) is 0.182. The zero-order valence-electron chi connectivity index (χ0n) is 17.3. The molecule has 0 radical (unpaired) electrons. The average Bonchev–Trinajstić information content (AvgIpc) is 2.63. The Morgan fingerprint density at radius 2 is 1.56 bits per heavy atom. The second kappa shape index (κ2) is 6.41. The summed E-state index contributed by atoms with van der Waals surface area (Å²) < 4.78 is 18.6. The number of nitrogens with two attached hydrogens (primary N) is 1. The zero-order valence-corrected chi connectivity index (χ0v) is 18.3. The van der Waals surface area contributed by atoms with Crippen LogP contribution in [0.2, 0.25) is 18.1 Å². The summed E-state index contributed by atoms with van der Waals surface area (Å²) in [5.74, 6) is 0. The van der Waals surface area contributed by atoms with Gasteiger partial charge in [0.05, 0.1) is 17.8 Å². The van der Waals surface area contributed by atoms with Crippen molar-refractivity contribution in [1.82, 2.24) is 0 Å². The standard InChI is InChI=1S/C19H34BNO3Si/c1-17(2,3)25(8,9)22-13-14-10-15(12-16(21)11-14)20-23-18(4,5)19(6,7)24-20/h10-12H,13,21H2,1-9H3. The molecule has 6 heteroatoms. The third kappa shape index (κ3) is 4.30. The van der Waals surface area contributed by atoms with Crippen molar-refractivity contribution >= 4 is 26.6 Å². The van der Waals surface area contributed by atoms with Gasteiger partial charge in [-0.05, 0) is 69.0 Å². The van der Waals surface area contributed by atoms with E-state index < -0.39 is 15.4 Å². The molecule has 1 aliphatic heterocycles. The van der Waals surface area contributed by atoms with Crippen molar-refractivity contribution in [3.63, 3.8) is 0 Å². The topological polar surface area (TPSA) is 53.7 Å². The molecule has 1 saturated heterocycles. The van der Waals surface area contributed by atoms with Crippen LogP contribution in [0.15, 0.2) is 18.2 Å². The van der Waals surface area contributed by atoms with Gasteiger partial charge in [0, 0.05) is 5.69 Å². The highest BCUT2D eigenvalue weighted by Crippen LogP contribution is 2.38. The lowest BCUT2D eigenvalue weighted by atomic mass is 9.78. The number of hydrogen-bond acceptors (Lipinski definition) is 4. The van der Waals surface area contributed by atoms with Crippen molar-refractivity contribution in [2.75, 3.05) is 5.73 Å². The Hall–Kier alpha value is -0.818. The SMILES string of the molecule is CC1(C)OB(c2cc(N)cc(CO[Si](C)(C)C(C)(C)C)c2)OC1(C)C. The van der Waals surface area contributed by atoms with Crippen molar-refractivity contribution in [3.05, 3.63) is 23.8 Å². The van der Waals surface area contributed by atoms with Crippen LogP contribution in [-0.2, 0) is 20.3 Å². The quantitative estimate of drug-likeness (QED) is 0.647. The van der Waals surface area contributed by atoms with Gasteiger partial charge in [-0.3, -0.25) is 0 Å². The van der Waals surface area contributed by atoms with E-state index in [0.29, 0.717) is 12.3 Å². The Morgan fingerprint density at radius 3 is 2.04 bits per heavy atom. The van der Waals surface area contributed by atoms with Gasteiger partial charge in [0.2, 0.25) is 0 Å². The summed E-state index contributed by atoms with van der Waals surface area (Å²) in [6.07, 6.45) is 0. The van der Waals surface area contributed by atoms with Crippen LogP contribution in [0, 0.1) is 0 Å². The highest BCUT2D eigenvalue weighted by Gasteiger charge is 2.51. The van der Waals surface area contributed by atoms with Crippen LogP contribution in [0.4, 0.5) is 5.69 Å². The molecule has 140 valence electrons. The van der Waals surface area contributed by atoms with Gasteiger partial charge < -0.3 is 19.5 Å². The van der Waals surface area contributed by atoms with Crippen molar-refractivity contribution in [3.8, 4) is 0 Å². The molecule has 2 rings (SSSR count). The summed E-state index contributed by atoms with van der Waals surface area (Å²) in [7, 11) is -2.21. The number of rotatable bonds is 4. The van der Waals surface area contributed by atoms with E-state index in [1.807, 2.05) is 12.1 Å². The Bertz CT molecular complexity index is 622. The largest absolute Gasteiger partial charge is 0.494 e. The predicted molar refractivity (Wildman–Crippen MR) is 109 cm³/mol. The fourth-order valence-corrected chi connectivity index (χ4v) is 3.38. The van der Waals surface area contributed by atoms with E-state index >= 15 is 0 Å². The first-order valence-corrected chi connectivity index (χ1v) is 11.9. The highest BCUT2D eigenvalue weighted by molar-refractivity contribution is 6.74. The first-order valence-electron chi connectivity index (χ1n) is 9.04. The predicted octanol–water partition coefficient (Wildman–Crippen LogP) is 4.09. The minimum Gasteiger partial charge on any atom is -0.413 e. The summed E-state index contributed by atoms with van der Waals surface area (Å²) in [4.78, 5) is 0. The van der Waals surface area contributed by atoms with Gasteiger partial charge in [-0.25, -0.2) is 0 Å². The van der Waals surface area contributed by atoms with E-state index in [-0.39, 0.29) is 16.2 Å². The maximum atomic E-state index is 6.34. The third-order valence-corrected chi connectivity index (χ3v) is 10.4. The van der Waals surface area contributed by atoms with Crippen molar-refractivity contribution in [1.29, 1.82) is 0 Å². The van der Waals surface area contributed by atoms with Crippen LogP contribution in [0.5, 0.6) is 0 Å². The normalized spacial score (nSPS) is 20.1. The van der Waals surface area contributed by atoms with Gasteiger partial charge in [0.25, 0.3) is 0 Å². The van der Waals surface area contributed by atoms with Crippen LogP contribution in [-0.4, -0.2) is 26.6 Å². The monoisotopic (exact) mass is 363 g/mol. The number of benzene rings is 1. The molecule has 1 aliphatic rings. The average molecular weight is 363 g/mol. The maximum Gasteiger partial charge on any atom is 0.494 e. The second-order valence-corrected chi connectivity index (χ2v) is 14.5. The van der Waals surface area contributed by atoms with Crippen LogP contribution in [0.1, 0.15) is 54.0 Å². The zero-order chi connectivity index (χ0) is 19.3. The van der Waals surface area contributed by atoms with Gasteiger partial charge in [-0.2, -0.15) is 0 Å². The molecule has 0 spiro atoms. The van der Waals surface area contributed by atoms with E-state index in [9.17, 15) is 0 Å². The molecule has 2 N–H and O–H groups in total. The number of anilines is 1. The van der Waals surface area contributed by atoms with Crippen molar-refractivity contribution in [2.45, 2.75) is 84.4 Å². The molecule has 4 nitrogen and oxygen atoms in total. The van der Waals surface area contributed by atoms with Gasteiger partial charge in [-0.15, -0.1) is 0 Å². The van der Waals surface area contributed by atoms with E-state index in [0.717, 1.165) is 11.0 Å². The van der Waals surface area contributed by atoms with E-state index in [1.54, 1.807) is 0 Å². The Balaban J connectivity index is 2.19. The lowest BCUT2D eigenvalue weighted by molar-refractivity contribution is 0.00578. The summed E-state index contributed by atoms with van der Waals surface area (Å²) in [6, 6.07) is 5.99. The van der Waals surface area contributed by atoms with Crippen LogP contribution < -0.4 is 11.2 Å². The molecule has 1 heterocycles. The van der Waals surface area contributed by atoms with Gasteiger partial charge in [-0.1, -0.05) is 26.8 Å². The highest BCUT2D eigenvalue weighted by atomic mass is 28.4. The van der Waals surface area contributed by atoms with Crippen LogP contribution >= 0.6 is 0 Å². The smallest absolute Gasteiger partial charge is 0.413 e. The maximum absolute atomic E-state index is 6.34. The number of hydrogen-bond donors (Lipinski definition) is 1. The molecule has 1 fully saturated rings. The second-order valence-electron chi connectivity index (χ2n) is 9.65. The Kier molecular flexibility index (Phi) is 5.25. The molecule has 0 aromatic heterocycles. The van der Waals surface area contributed by atoms with E-state index in [4.69, 9.17) is 19.5 Å². The fourth-order valence-electron chi connectivity index (χ4n) is 2.42. The van der Waals surface area contributed by atoms with E-state index in [1.165, 1.54) is 0 Å². The minimum atomic E-state index is -1.80. The molecule has 0 bridgehead atoms.